The Morgan fingerprint density at radius 1 is 0.952 bits per heavy atom. The summed E-state index contributed by atoms with van der Waals surface area (Å²) in [5.74, 6) is 0.750. The minimum atomic E-state index is 0.501. The third-order valence-corrected chi connectivity index (χ3v) is 3.34. The Balaban J connectivity index is 1.82. The van der Waals surface area contributed by atoms with Gasteiger partial charge in [0.05, 0.1) is 6.21 Å². The Labute approximate surface area is 123 Å². The lowest BCUT2D eigenvalue weighted by atomic mass is 10.1. The fraction of sp³-hybridized carbons (Fsp3) is 0.0556. The quantitative estimate of drug-likeness (QED) is 0.440. The number of hydrogen-bond acceptors (Lipinski definition) is 3. The van der Waals surface area contributed by atoms with Crippen molar-refractivity contribution in [2.45, 2.75) is 6.61 Å². The summed E-state index contributed by atoms with van der Waals surface area (Å²) in [6.45, 7) is 0.501. The van der Waals surface area contributed by atoms with Crippen LogP contribution in [-0.4, -0.2) is 11.4 Å². The molecule has 0 fully saturated rings. The Hall–Kier alpha value is -2.81. The number of ether oxygens (including phenoxy) is 1. The molecular weight excluding hydrogens is 262 g/mol. The predicted molar refractivity (Wildman–Crippen MR) is 84.1 cm³/mol. The first kappa shape index (κ1) is 13.2. The maximum absolute atomic E-state index is 8.57. The molecule has 104 valence electrons. The maximum Gasteiger partial charge on any atom is 0.120 e. The number of oxime groups is 1. The van der Waals surface area contributed by atoms with Crippen molar-refractivity contribution < 1.29 is 9.94 Å². The van der Waals surface area contributed by atoms with E-state index in [0.717, 1.165) is 16.9 Å². The molecule has 0 saturated carbocycles. The van der Waals surface area contributed by atoms with Gasteiger partial charge in [-0.05, 0) is 34.0 Å². The number of nitrogens with zero attached hydrogens (tertiary/aromatic N) is 1. The van der Waals surface area contributed by atoms with E-state index in [9.17, 15) is 0 Å². The van der Waals surface area contributed by atoms with Gasteiger partial charge in [0.25, 0.3) is 0 Å². The van der Waals surface area contributed by atoms with Crippen LogP contribution < -0.4 is 4.74 Å². The van der Waals surface area contributed by atoms with Crippen LogP contribution >= 0.6 is 0 Å². The summed E-state index contributed by atoms with van der Waals surface area (Å²) in [6, 6.07) is 21.9. The number of hydrogen-bond donors (Lipinski definition) is 1. The normalized spacial score (nSPS) is 11.0. The topological polar surface area (TPSA) is 41.8 Å². The van der Waals surface area contributed by atoms with Crippen molar-refractivity contribution in [3.05, 3.63) is 77.9 Å². The fourth-order valence-corrected chi connectivity index (χ4v) is 2.33. The highest BCUT2D eigenvalue weighted by atomic mass is 16.5. The van der Waals surface area contributed by atoms with Crippen molar-refractivity contribution in [3.63, 3.8) is 0 Å². The van der Waals surface area contributed by atoms with Crippen LogP contribution in [0.2, 0.25) is 0 Å². The van der Waals surface area contributed by atoms with Gasteiger partial charge in [-0.3, -0.25) is 0 Å². The zero-order valence-corrected chi connectivity index (χ0v) is 11.4. The van der Waals surface area contributed by atoms with Gasteiger partial charge in [-0.2, -0.15) is 0 Å². The third-order valence-electron chi connectivity index (χ3n) is 3.34. The minimum absolute atomic E-state index is 0.501. The zero-order valence-electron chi connectivity index (χ0n) is 11.4. The van der Waals surface area contributed by atoms with E-state index >= 15 is 0 Å². The fourth-order valence-electron chi connectivity index (χ4n) is 2.33. The Morgan fingerprint density at radius 2 is 1.76 bits per heavy atom. The molecule has 0 aliphatic rings. The zero-order chi connectivity index (χ0) is 14.5. The molecule has 1 N–H and O–H groups in total. The maximum atomic E-state index is 8.57. The van der Waals surface area contributed by atoms with Crippen LogP contribution in [0.4, 0.5) is 0 Å². The average molecular weight is 277 g/mol. The summed E-state index contributed by atoms with van der Waals surface area (Å²) in [5.41, 5.74) is 1.95. The minimum Gasteiger partial charge on any atom is -0.489 e. The van der Waals surface area contributed by atoms with Gasteiger partial charge >= 0.3 is 0 Å². The molecule has 0 heterocycles. The lowest BCUT2D eigenvalue weighted by Crippen LogP contribution is -1.97. The molecule has 21 heavy (non-hydrogen) atoms. The molecule has 0 aliphatic carbocycles. The van der Waals surface area contributed by atoms with Gasteiger partial charge < -0.3 is 9.94 Å². The lowest BCUT2D eigenvalue weighted by Gasteiger charge is -2.09. The second kappa shape index (κ2) is 6.09. The van der Waals surface area contributed by atoms with Crippen LogP contribution in [0.1, 0.15) is 11.1 Å². The first-order valence-corrected chi connectivity index (χ1v) is 6.74. The van der Waals surface area contributed by atoms with E-state index in [1.807, 2.05) is 42.5 Å². The van der Waals surface area contributed by atoms with Gasteiger partial charge in [-0.25, -0.2) is 0 Å². The molecule has 0 aliphatic heterocycles. The van der Waals surface area contributed by atoms with Crippen LogP contribution in [0, 0.1) is 0 Å². The van der Waals surface area contributed by atoms with Crippen LogP contribution in [0.15, 0.2) is 71.9 Å². The van der Waals surface area contributed by atoms with Crippen molar-refractivity contribution in [3.8, 4) is 5.75 Å². The second-order valence-corrected chi connectivity index (χ2v) is 4.74. The monoisotopic (exact) mass is 277 g/mol. The summed E-state index contributed by atoms with van der Waals surface area (Å²) in [4.78, 5) is 0. The van der Waals surface area contributed by atoms with E-state index < -0.39 is 0 Å². The van der Waals surface area contributed by atoms with Crippen LogP contribution in [-0.2, 0) is 6.61 Å². The molecule has 3 heteroatoms. The van der Waals surface area contributed by atoms with Crippen LogP contribution in [0.3, 0.4) is 0 Å². The molecule has 3 aromatic carbocycles. The highest BCUT2D eigenvalue weighted by Crippen LogP contribution is 2.21. The molecule has 0 aromatic heterocycles. The van der Waals surface area contributed by atoms with E-state index in [2.05, 4.69) is 29.4 Å². The molecule has 0 saturated heterocycles. The smallest absolute Gasteiger partial charge is 0.120 e. The summed E-state index contributed by atoms with van der Waals surface area (Å²) in [7, 11) is 0. The van der Waals surface area contributed by atoms with Gasteiger partial charge in [-0.15, -0.1) is 0 Å². The average Bonchev–Trinajstić information content (AvgIpc) is 2.53. The summed E-state index contributed by atoms with van der Waals surface area (Å²) < 4.78 is 5.84. The summed E-state index contributed by atoms with van der Waals surface area (Å²) in [6.07, 6.45) is 1.38. The van der Waals surface area contributed by atoms with E-state index in [1.165, 1.54) is 17.0 Å². The van der Waals surface area contributed by atoms with E-state index in [1.54, 1.807) is 0 Å². The van der Waals surface area contributed by atoms with Gasteiger partial charge in [0, 0.05) is 0 Å². The van der Waals surface area contributed by atoms with Gasteiger partial charge in [0.1, 0.15) is 12.4 Å². The van der Waals surface area contributed by atoms with Crippen molar-refractivity contribution in [1.29, 1.82) is 0 Å². The first-order valence-electron chi connectivity index (χ1n) is 6.74. The van der Waals surface area contributed by atoms with Gasteiger partial charge in [0.2, 0.25) is 0 Å². The molecule has 3 aromatic rings. The van der Waals surface area contributed by atoms with Crippen molar-refractivity contribution in [2.75, 3.05) is 0 Å². The van der Waals surface area contributed by atoms with Crippen molar-refractivity contribution >= 4 is 17.0 Å². The Morgan fingerprint density at radius 3 is 2.67 bits per heavy atom. The highest BCUT2D eigenvalue weighted by molar-refractivity contribution is 5.85. The molecule has 0 amide bonds. The van der Waals surface area contributed by atoms with E-state index in [-0.39, 0.29) is 0 Å². The number of fused-ring (bicyclic) bond motifs is 1. The molecule has 0 bridgehead atoms. The summed E-state index contributed by atoms with van der Waals surface area (Å²) in [5, 5.41) is 14.0. The third kappa shape index (κ3) is 3.03. The molecule has 0 radical (unpaired) electrons. The highest BCUT2D eigenvalue weighted by Gasteiger charge is 2.02. The number of benzene rings is 3. The molecule has 0 atom stereocenters. The van der Waals surface area contributed by atoms with E-state index in [4.69, 9.17) is 9.94 Å². The first-order chi connectivity index (χ1) is 10.4. The lowest BCUT2D eigenvalue weighted by molar-refractivity contribution is 0.307. The Kier molecular flexibility index (Phi) is 3.83. The van der Waals surface area contributed by atoms with Gasteiger partial charge in [-0.1, -0.05) is 59.8 Å². The van der Waals surface area contributed by atoms with Crippen molar-refractivity contribution in [1.82, 2.24) is 0 Å². The van der Waals surface area contributed by atoms with Gasteiger partial charge in [0.15, 0.2) is 0 Å². The SMILES string of the molecule is O/N=C/c1cccc(OCc2cccc3ccccc23)c1. The molecular formula is C18H15NO2. The van der Waals surface area contributed by atoms with Crippen molar-refractivity contribution in [2.24, 2.45) is 5.16 Å². The molecule has 0 unspecified atom stereocenters. The van der Waals surface area contributed by atoms with Crippen LogP contribution in [0.5, 0.6) is 5.75 Å². The second-order valence-electron chi connectivity index (χ2n) is 4.74. The number of rotatable bonds is 4. The molecule has 3 rings (SSSR count). The molecule has 0 spiro atoms. The predicted octanol–water partition coefficient (Wildman–Crippen LogP) is 4.23. The van der Waals surface area contributed by atoms with Crippen LogP contribution in [0.25, 0.3) is 10.8 Å². The summed E-state index contributed by atoms with van der Waals surface area (Å²) >= 11 is 0. The van der Waals surface area contributed by atoms with E-state index in [0.29, 0.717) is 6.61 Å². The largest absolute Gasteiger partial charge is 0.489 e. The Bertz CT molecular complexity index is 776. The standard InChI is InChI=1S/C18H15NO2/c20-19-12-14-5-3-9-17(11-14)21-13-16-8-4-7-15-6-1-2-10-18(15)16/h1-12,20H,13H2/b19-12+. The molecule has 3 nitrogen and oxygen atoms in total.